The zero-order valence-electron chi connectivity index (χ0n) is 19.7. The average Bonchev–Trinajstić information content (AvgIpc) is 2.83. The molecule has 2 aliphatic heterocycles. The Morgan fingerprint density at radius 3 is 2.59 bits per heavy atom. The van der Waals surface area contributed by atoms with E-state index in [4.69, 9.17) is 9.47 Å². The zero-order chi connectivity index (χ0) is 24.5. The molecule has 3 N–H and O–H groups in total. The maximum atomic E-state index is 13.0. The van der Waals surface area contributed by atoms with Crippen LogP contribution in [0.1, 0.15) is 23.7 Å². The van der Waals surface area contributed by atoms with E-state index in [2.05, 4.69) is 20.9 Å². The van der Waals surface area contributed by atoms with Gasteiger partial charge >= 0.3 is 0 Å². The van der Waals surface area contributed by atoms with Crippen LogP contribution in [0.5, 0.6) is 5.75 Å². The summed E-state index contributed by atoms with van der Waals surface area (Å²) in [6.07, 6.45) is -0.306. The molecule has 186 valence electrons. The van der Waals surface area contributed by atoms with Gasteiger partial charge in [0, 0.05) is 33.2 Å². The van der Waals surface area contributed by atoms with Crippen molar-refractivity contribution in [2.24, 2.45) is 0 Å². The van der Waals surface area contributed by atoms with Crippen molar-refractivity contribution < 1.29 is 28.7 Å². The molecule has 4 amide bonds. The summed E-state index contributed by atoms with van der Waals surface area (Å²) in [6, 6.07) is 4.75. The summed E-state index contributed by atoms with van der Waals surface area (Å²) in [5.41, 5.74) is 0.244. The van der Waals surface area contributed by atoms with Gasteiger partial charge in [-0.15, -0.1) is 0 Å². The first-order valence-electron chi connectivity index (χ1n) is 11.5. The molecule has 0 unspecified atom stereocenters. The van der Waals surface area contributed by atoms with Crippen molar-refractivity contribution in [3.05, 3.63) is 29.8 Å². The molecule has 34 heavy (non-hydrogen) atoms. The first-order chi connectivity index (χ1) is 16.3. The Balaban J connectivity index is 1.74. The van der Waals surface area contributed by atoms with Crippen molar-refractivity contribution in [2.45, 2.75) is 25.4 Å². The third-order valence-electron chi connectivity index (χ3n) is 5.78. The third-order valence-corrected chi connectivity index (χ3v) is 5.78. The van der Waals surface area contributed by atoms with E-state index in [9.17, 15) is 19.2 Å². The molecule has 1 aromatic carbocycles. The minimum absolute atomic E-state index is 0.165. The van der Waals surface area contributed by atoms with Crippen molar-refractivity contribution in [1.82, 2.24) is 25.8 Å². The summed E-state index contributed by atoms with van der Waals surface area (Å²) in [7, 11) is 1.61. The zero-order valence-corrected chi connectivity index (χ0v) is 19.7. The van der Waals surface area contributed by atoms with E-state index in [1.54, 1.807) is 38.2 Å². The highest BCUT2D eigenvalue weighted by molar-refractivity contribution is 6.01. The number of carbonyl (C=O) groups is 4. The fourth-order valence-electron chi connectivity index (χ4n) is 3.79. The second-order valence-electron chi connectivity index (χ2n) is 8.37. The van der Waals surface area contributed by atoms with Crippen LogP contribution >= 0.6 is 0 Å². The van der Waals surface area contributed by atoms with Crippen LogP contribution in [0, 0.1) is 0 Å². The number of amides is 4. The van der Waals surface area contributed by atoms with Crippen LogP contribution in [0.4, 0.5) is 0 Å². The Morgan fingerprint density at radius 2 is 1.82 bits per heavy atom. The van der Waals surface area contributed by atoms with E-state index in [1.807, 2.05) is 0 Å². The lowest BCUT2D eigenvalue weighted by Gasteiger charge is -2.27. The van der Waals surface area contributed by atoms with Crippen LogP contribution < -0.4 is 20.7 Å². The highest BCUT2D eigenvalue weighted by Gasteiger charge is 2.28. The lowest BCUT2D eigenvalue weighted by Crippen LogP contribution is -2.52. The minimum atomic E-state index is -1.12. The normalized spacial score (nSPS) is 23.1. The van der Waals surface area contributed by atoms with Gasteiger partial charge in [-0.1, -0.05) is 12.1 Å². The molecular formula is C23H33N5O6. The second kappa shape index (κ2) is 12.3. The fourth-order valence-corrected chi connectivity index (χ4v) is 3.79. The van der Waals surface area contributed by atoms with E-state index in [-0.39, 0.29) is 31.0 Å². The number of morpholine rings is 1. The van der Waals surface area contributed by atoms with Crippen LogP contribution in [-0.2, 0) is 19.1 Å². The molecule has 11 nitrogen and oxygen atoms in total. The summed E-state index contributed by atoms with van der Waals surface area (Å²) in [5, 5.41) is 8.08. The summed E-state index contributed by atoms with van der Waals surface area (Å²) in [5.74, 6) is -1.45. The number of carbonyl (C=O) groups excluding carboxylic acids is 4. The first kappa shape index (κ1) is 25.4. The first-order valence-corrected chi connectivity index (χ1v) is 11.5. The molecule has 0 radical (unpaired) electrons. The Bertz CT molecular complexity index is 888. The number of para-hydroxylation sites is 1. The lowest BCUT2D eigenvalue weighted by atomic mass is 10.1. The van der Waals surface area contributed by atoms with Gasteiger partial charge in [-0.2, -0.15) is 0 Å². The number of rotatable bonds is 4. The van der Waals surface area contributed by atoms with Crippen molar-refractivity contribution in [3.8, 4) is 5.75 Å². The fraction of sp³-hybridized carbons (Fsp3) is 0.565. The number of benzene rings is 1. The second-order valence-corrected chi connectivity index (χ2v) is 8.37. The predicted octanol–water partition coefficient (Wildman–Crippen LogP) is -1.02. The lowest BCUT2D eigenvalue weighted by molar-refractivity contribution is -0.135. The molecule has 2 atom stereocenters. The number of hydrogen-bond donors (Lipinski definition) is 3. The molecule has 0 bridgehead atoms. The predicted molar refractivity (Wildman–Crippen MR) is 123 cm³/mol. The molecule has 1 saturated heterocycles. The Hall–Kier alpha value is -3.18. The molecule has 1 fully saturated rings. The highest BCUT2D eigenvalue weighted by atomic mass is 16.5. The number of nitrogens with one attached hydrogen (secondary N) is 3. The minimum Gasteiger partial charge on any atom is -0.491 e. The van der Waals surface area contributed by atoms with Gasteiger partial charge in [0.05, 0.1) is 31.7 Å². The van der Waals surface area contributed by atoms with E-state index < -0.39 is 29.8 Å². The molecule has 1 aromatic rings. The van der Waals surface area contributed by atoms with Crippen molar-refractivity contribution in [3.63, 3.8) is 0 Å². The van der Waals surface area contributed by atoms with Gasteiger partial charge in [0.25, 0.3) is 5.91 Å². The smallest absolute Gasteiger partial charge is 0.255 e. The highest BCUT2D eigenvalue weighted by Crippen LogP contribution is 2.18. The van der Waals surface area contributed by atoms with Crippen molar-refractivity contribution >= 4 is 23.6 Å². The van der Waals surface area contributed by atoms with E-state index in [0.717, 1.165) is 13.1 Å². The van der Waals surface area contributed by atoms with Crippen molar-refractivity contribution in [1.29, 1.82) is 0 Å². The number of nitrogens with zero attached hydrogens (tertiary/aromatic N) is 2. The monoisotopic (exact) mass is 475 g/mol. The maximum Gasteiger partial charge on any atom is 0.255 e. The number of hydrogen-bond acceptors (Lipinski definition) is 7. The molecule has 3 rings (SSSR count). The summed E-state index contributed by atoms with van der Waals surface area (Å²) >= 11 is 0. The molecule has 2 aliphatic rings. The van der Waals surface area contributed by atoms with Gasteiger partial charge in [-0.25, -0.2) is 0 Å². The Morgan fingerprint density at radius 1 is 1.09 bits per heavy atom. The van der Waals surface area contributed by atoms with Crippen LogP contribution in [0.2, 0.25) is 0 Å². The van der Waals surface area contributed by atoms with Crippen molar-refractivity contribution in [2.75, 3.05) is 59.6 Å². The molecule has 11 heteroatoms. The quantitative estimate of drug-likeness (QED) is 0.508. The molecule has 0 spiro atoms. The van der Waals surface area contributed by atoms with Gasteiger partial charge in [0.1, 0.15) is 24.4 Å². The topological polar surface area (TPSA) is 129 Å². The Kier molecular flexibility index (Phi) is 9.23. The standard InChI is InChI=1S/C23H33N5O6/c1-16-23(32)27(2)9-14-34-19-6-4-3-5-17(19)21(30)26-18(15-20(29)25-16)22(31)24-7-8-28-10-12-33-13-11-28/h3-6,16,18H,7-15H2,1-2H3,(H,24,31)(H,25,29)(H,26,30)/t16-,18-/m0/s1. The van der Waals surface area contributed by atoms with Crippen LogP contribution in [0.15, 0.2) is 24.3 Å². The molecule has 0 saturated carbocycles. The Labute approximate surface area is 199 Å². The number of likely N-dealkylation sites (N-methyl/N-ethyl adjacent to an activating group) is 1. The summed E-state index contributed by atoms with van der Waals surface area (Å²) in [6.45, 7) is 5.91. The van der Waals surface area contributed by atoms with E-state index in [0.29, 0.717) is 32.1 Å². The molecular weight excluding hydrogens is 442 g/mol. The third kappa shape index (κ3) is 7.16. The van der Waals surface area contributed by atoms with Crippen LogP contribution in [0.25, 0.3) is 0 Å². The van der Waals surface area contributed by atoms with Gasteiger partial charge in [-0.3, -0.25) is 24.1 Å². The SMILES string of the molecule is C[C@@H]1NC(=O)C[C@@H](C(=O)NCCN2CCOCC2)NC(=O)c2ccccc2OCCN(C)C1=O. The maximum absolute atomic E-state index is 13.0. The van der Waals surface area contributed by atoms with Crippen LogP contribution in [0.3, 0.4) is 0 Å². The van der Waals surface area contributed by atoms with E-state index in [1.165, 1.54) is 4.90 Å². The van der Waals surface area contributed by atoms with Gasteiger partial charge in [0.2, 0.25) is 17.7 Å². The number of ether oxygens (including phenoxy) is 2. The van der Waals surface area contributed by atoms with Gasteiger partial charge < -0.3 is 30.3 Å². The number of fused-ring (bicyclic) bond motifs is 1. The van der Waals surface area contributed by atoms with Gasteiger partial charge in [-0.05, 0) is 19.1 Å². The van der Waals surface area contributed by atoms with Crippen LogP contribution in [-0.4, -0.2) is 105 Å². The molecule has 0 aromatic heterocycles. The average molecular weight is 476 g/mol. The summed E-state index contributed by atoms with van der Waals surface area (Å²) < 4.78 is 11.1. The summed E-state index contributed by atoms with van der Waals surface area (Å²) in [4.78, 5) is 54.8. The molecule has 2 heterocycles. The van der Waals surface area contributed by atoms with E-state index >= 15 is 0 Å². The van der Waals surface area contributed by atoms with Gasteiger partial charge in [0.15, 0.2) is 0 Å². The largest absolute Gasteiger partial charge is 0.491 e. The molecule has 0 aliphatic carbocycles.